The summed E-state index contributed by atoms with van der Waals surface area (Å²) in [6, 6.07) is 3.91. The summed E-state index contributed by atoms with van der Waals surface area (Å²) < 4.78 is 24.9. The summed E-state index contributed by atoms with van der Waals surface area (Å²) in [6.45, 7) is 1.24. The van der Waals surface area contributed by atoms with Crippen LogP contribution in [0, 0.1) is 0 Å². The molecule has 0 amide bonds. The lowest BCUT2D eigenvalue weighted by atomic mass is 9.94. The summed E-state index contributed by atoms with van der Waals surface area (Å²) in [5.41, 5.74) is 4.20. The number of hydrogen-bond donors (Lipinski definition) is 3. The second kappa shape index (κ2) is 4.02. The fourth-order valence-corrected chi connectivity index (χ4v) is 1.20. The predicted molar refractivity (Wildman–Crippen MR) is 52.1 cm³/mol. The van der Waals surface area contributed by atoms with E-state index < -0.39 is 12.0 Å². The number of halogens is 2. The summed E-state index contributed by atoms with van der Waals surface area (Å²) in [5.74, 6) is -0.618. The third-order valence-electron chi connectivity index (χ3n) is 2.12. The first-order valence-corrected chi connectivity index (χ1v) is 4.41. The lowest BCUT2D eigenvalue weighted by Gasteiger charge is -2.23. The van der Waals surface area contributed by atoms with Gasteiger partial charge in [-0.2, -0.15) is 0 Å². The van der Waals surface area contributed by atoms with Crippen molar-refractivity contribution in [1.82, 2.24) is 0 Å². The largest absolute Gasteiger partial charge is 0.504 e. The molecule has 1 atom stereocenters. The van der Waals surface area contributed by atoms with Crippen LogP contribution in [0.1, 0.15) is 12.5 Å². The van der Waals surface area contributed by atoms with Gasteiger partial charge in [0.25, 0.3) is 6.43 Å². The number of alkyl halides is 2. The molecule has 0 bridgehead atoms. The molecule has 84 valence electrons. The number of phenolic OH excluding ortho intramolecular Hbond substituents is 2. The van der Waals surface area contributed by atoms with Crippen LogP contribution in [0.5, 0.6) is 11.5 Å². The summed E-state index contributed by atoms with van der Waals surface area (Å²) in [5, 5.41) is 18.2. The van der Waals surface area contributed by atoms with Crippen LogP contribution in [-0.4, -0.2) is 22.2 Å². The molecule has 1 rings (SSSR count). The highest BCUT2D eigenvalue weighted by Gasteiger charge is 2.30. The van der Waals surface area contributed by atoms with E-state index >= 15 is 0 Å². The first kappa shape index (κ1) is 11.7. The van der Waals surface area contributed by atoms with Gasteiger partial charge >= 0.3 is 0 Å². The number of benzene rings is 1. The van der Waals surface area contributed by atoms with Crippen LogP contribution in [0.3, 0.4) is 0 Å². The van der Waals surface area contributed by atoms with Gasteiger partial charge in [-0.3, -0.25) is 0 Å². The van der Waals surface area contributed by atoms with Crippen molar-refractivity contribution in [1.29, 1.82) is 0 Å². The summed E-state index contributed by atoms with van der Waals surface area (Å²) >= 11 is 0. The second-order valence-corrected chi connectivity index (χ2v) is 3.81. The third kappa shape index (κ3) is 2.79. The van der Waals surface area contributed by atoms with Gasteiger partial charge in [-0.1, -0.05) is 6.07 Å². The zero-order valence-corrected chi connectivity index (χ0v) is 8.24. The minimum atomic E-state index is -2.64. The van der Waals surface area contributed by atoms with Gasteiger partial charge in [0.1, 0.15) is 0 Å². The van der Waals surface area contributed by atoms with Crippen LogP contribution in [0.25, 0.3) is 0 Å². The topological polar surface area (TPSA) is 66.5 Å². The quantitative estimate of drug-likeness (QED) is 0.674. The van der Waals surface area contributed by atoms with Crippen molar-refractivity contribution in [2.24, 2.45) is 5.73 Å². The third-order valence-corrected chi connectivity index (χ3v) is 2.12. The molecule has 0 aliphatic heterocycles. The average Bonchev–Trinajstić information content (AvgIpc) is 2.10. The van der Waals surface area contributed by atoms with Crippen molar-refractivity contribution in [3.05, 3.63) is 23.8 Å². The predicted octanol–water partition coefficient (Wildman–Crippen LogP) is 1.62. The first-order chi connectivity index (χ1) is 6.83. The number of aromatic hydroxyl groups is 2. The maximum Gasteiger partial charge on any atom is 0.256 e. The molecule has 5 heteroatoms. The van der Waals surface area contributed by atoms with Crippen molar-refractivity contribution in [3.8, 4) is 11.5 Å². The Labute approximate surface area is 86.2 Å². The van der Waals surface area contributed by atoms with E-state index in [0.29, 0.717) is 5.56 Å². The molecule has 4 N–H and O–H groups in total. The number of rotatable bonds is 3. The molecular weight excluding hydrogens is 204 g/mol. The first-order valence-electron chi connectivity index (χ1n) is 4.41. The number of phenols is 2. The Kier molecular flexibility index (Phi) is 3.14. The van der Waals surface area contributed by atoms with Crippen LogP contribution in [0.4, 0.5) is 8.78 Å². The monoisotopic (exact) mass is 217 g/mol. The van der Waals surface area contributed by atoms with Crippen molar-refractivity contribution >= 4 is 0 Å². The van der Waals surface area contributed by atoms with Crippen molar-refractivity contribution < 1.29 is 19.0 Å². The van der Waals surface area contributed by atoms with E-state index in [2.05, 4.69) is 0 Å². The molecule has 0 fully saturated rings. The van der Waals surface area contributed by atoms with Gasteiger partial charge in [0.05, 0.1) is 5.54 Å². The van der Waals surface area contributed by atoms with Gasteiger partial charge in [0, 0.05) is 0 Å². The Morgan fingerprint density at radius 2 is 1.93 bits per heavy atom. The average molecular weight is 217 g/mol. The van der Waals surface area contributed by atoms with E-state index in [1.54, 1.807) is 0 Å². The molecular formula is C10H13F2NO2. The van der Waals surface area contributed by atoms with Gasteiger partial charge < -0.3 is 15.9 Å². The van der Waals surface area contributed by atoms with E-state index in [9.17, 15) is 8.78 Å². The fourth-order valence-electron chi connectivity index (χ4n) is 1.20. The minimum Gasteiger partial charge on any atom is -0.504 e. The number of nitrogens with two attached hydrogens (primary N) is 1. The Balaban J connectivity index is 2.86. The van der Waals surface area contributed by atoms with Crippen LogP contribution in [0.2, 0.25) is 0 Å². The van der Waals surface area contributed by atoms with Crippen LogP contribution < -0.4 is 5.73 Å². The van der Waals surface area contributed by atoms with Crippen LogP contribution >= 0.6 is 0 Å². The van der Waals surface area contributed by atoms with Crippen molar-refractivity contribution in [2.75, 3.05) is 0 Å². The molecule has 0 aliphatic carbocycles. The molecule has 15 heavy (non-hydrogen) atoms. The zero-order valence-electron chi connectivity index (χ0n) is 8.24. The lowest BCUT2D eigenvalue weighted by Crippen LogP contribution is -2.45. The van der Waals surface area contributed by atoms with Gasteiger partial charge in [-0.05, 0) is 31.0 Å². The SMILES string of the molecule is CC(N)(Cc1ccc(O)c(O)c1)C(F)F. The fraction of sp³-hybridized carbons (Fsp3) is 0.400. The molecule has 0 aromatic heterocycles. The Morgan fingerprint density at radius 3 is 2.40 bits per heavy atom. The van der Waals surface area contributed by atoms with Gasteiger partial charge in [0.2, 0.25) is 0 Å². The maximum atomic E-state index is 12.4. The highest BCUT2D eigenvalue weighted by atomic mass is 19.3. The normalized spacial score (nSPS) is 15.3. The molecule has 1 unspecified atom stereocenters. The summed E-state index contributed by atoms with van der Waals surface area (Å²) in [7, 11) is 0. The van der Waals surface area contributed by atoms with Gasteiger partial charge in [-0.25, -0.2) is 8.78 Å². The second-order valence-electron chi connectivity index (χ2n) is 3.81. The van der Waals surface area contributed by atoms with Gasteiger partial charge in [0.15, 0.2) is 11.5 Å². The standard InChI is InChI=1S/C10H13F2NO2/c1-10(13,9(11)12)5-6-2-3-7(14)8(15)4-6/h2-4,9,14-15H,5,13H2,1H3. The highest BCUT2D eigenvalue weighted by Crippen LogP contribution is 2.27. The molecule has 3 nitrogen and oxygen atoms in total. The lowest BCUT2D eigenvalue weighted by molar-refractivity contribution is 0.0639. The summed E-state index contributed by atoms with van der Waals surface area (Å²) in [6.07, 6.45) is -2.72. The molecule has 0 aliphatic rings. The molecule has 0 heterocycles. The van der Waals surface area contributed by atoms with E-state index in [1.807, 2.05) is 0 Å². The number of hydrogen-bond acceptors (Lipinski definition) is 3. The van der Waals surface area contributed by atoms with E-state index in [1.165, 1.54) is 25.1 Å². The Hall–Kier alpha value is -1.36. The van der Waals surface area contributed by atoms with Gasteiger partial charge in [-0.15, -0.1) is 0 Å². The van der Waals surface area contributed by atoms with E-state index in [4.69, 9.17) is 15.9 Å². The van der Waals surface area contributed by atoms with Crippen LogP contribution in [0.15, 0.2) is 18.2 Å². The van der Waals surface area contributed by atoms with E-state index in [-0.39, 0.29) is 17.9 Å². The Bertz CT molecular complexity index is 353. The zero-order chi connectivity index (χ0) is 11.6. The molecule has 0 spiro atoms. The van der Waals surface area contributed by atoms with Crippen LogP contribution in [-0.2, 0) is 6.42 Å². The minimum absolute atomic E-state index is 0.0709. The molecule has 1 aromatic rings. The molecule has 1 aromatic carbocycles. The smallest absolute Gasteiger partial charge is 0.256 e. The van der Waals surface area contributed by atoms with E-state index in [0.717, 1.165) is 0 Å². The van der Waals surface area contributed by atoms with Crippen molar-refractivity contribution in [2.45, 2.75) is 25.3 Å². The highest BCUT2D eigenvalue weighted by molar-refractivity contribution is 5.41. The molecule has 0 saturated heterocycles. The Morgan fingerprint density at radius 1 is 1.33 bits per heavy atom. The summed E-state index contributed by atoms with van der Waals surface area (Å²) in [4.78, 5) is 0. The molecule has 0 radical (unpaired) electrons. The maximum absolute atomic E-state index is 12.4. The molecule has 0 saturated carbocycles. The van der Waals surface area contributed by atoms with Crippen molar-refractivity contribution in [3.63, 3.8) is 0 Å².